The first-order chi connectivity index (χ1) is 15.3. The van der Waals surface area contributed by atoms with Crippen molar-refractivity contribution in [2.24, 2.45) is 22.7 Å². The van der Waals surface area contributed by atoms with Gasteiger partial charge in [-0.1, -0.05) is 6.92 Å². The number of fused-ring (bicyclic) bond motifs is 2. The molecule has 0 amide bonds. The lowest BCUT2D eigenvalue weighted by Gasteiger charge is -2.48. The van der Waals surface area contributed by atoms with Gasteiger partial charge >= 0.3 is 5.97 Å². The molecule has 170 valence electrons. The molecule has 2 aliphatic carbocycles. The predicted octanol–water partition coefficient (Wildman–Crippen LogP) is 5.81. The third-order valence-electron chi connectivity index (χ3n) is 6.56. The third-order valence-corrected chi connectivity index (χ3v) is 6.56. The number of rotatable bonds is 6. The first-order valence-electron chi connectivity index (χ1n) is 11.7. The summed E-state index contributed by atoms with van der Waals surface area (Å²) in [6.45, 7) is 8.43. The van der Waals surface area contributed by atoms with E-state index >= 15 is 0 Å². The number of anilines is 1. The molecule has 1 aromatic carbocycles. The van der Waals surface area contributed by atoms with Crippen LogP contribution in [-0.2, 0) is 4.74 Å². The Balaban J connectivity index is 1.61. The van der Waals surface area contributed by atoms with Crippen molar-refractivity contribution in [3.8, 4) is 0 Å². The maximum absolute atomic E-state index is 12.5. The molecule has 1 N–H and O–H groups in total. The van der Waals surface area contributed by atoms with Crippen LogP contribution in [0.15, 0.2) is 41.9 Å². The number of aromatic nitrogens is 2. The topological polar surface area (TPSA) is 76.5 Å². The van der Waals surface area contributed by atoms with Gasteiger partial charge in [-0.05, 0) is 88.8 Å². The molecule has 2 aliphatic rings. The van der Waals surface area contributed by atoms with E-state index < -0.39 is 0 Å². The molecule has 0 aliphatic heterocycles. The van der Waals surface area contributed by atoms with Crippen LogP contribution in [0.4, 0.5) is 11.4 Å². The zero-order valence-electron chi connectivity index (χ0n) is 19.5. The lowest BCUT2D eigenvalue weighted by molar-refractivity contribution is 0.0378. The highest BCUT2D eigenvalue weighted by atomic mass is 16.5. The Morgan fingerprint density at radius 1 is 1.19 bits per heavy atom. The van der Waals surface area contributed by atoms with Crippen molar-refractivity contribution in [1.29, 1.82) is 0 Å². The van der Waals surface area contributed by atoms with Gasteiger partial charge in [0.15, 0.2) is 0 Å². The highest BCUT2D eigenvalue weighted by Crippen LogP contribution is 2.48. The largest absolute Gasteiger partial charge is 0.459 e. The van der Waals surface area contributed by atoms with Gasteiger partial charge in [0.1, 0.15) is 6.33 Å². The summed E-state index contributed by atoms with van der Waals surface area (Å²) in [5, 5.41) is 3.82. The Labute approximate surface area is 190 Å². The number of carbonyl (C=O) groups is 1. The summed E-state index contributed by atoms with van der Waals surface area (Å²) in [4.78, 5) is 25.3. The number of carbonyl (C=O) groups excluding carboxylic acids is 1. The molecule has 2 aromatic rings. The number of benzene rings is 1. The van der Waals surface area contributed by atoms with Crippen LogP contribution < -0.4 is 5.32 Å². The van der Waals surface area contributed by atoms with Gasteiger partial charge in [0.2, 0.25) is 0 Å². The molecule has 32 heavy (non-hydrogen) atoms. The van der Waals surface area contributed by atoms with Crippen LogP contribution >= 0.6 is 0 Å². The molecule has 1 aromatic heterocycles. The van der Waals surface area contributed by atoms with Crippen molar-refractivity contribution < 1.29 is 9.53 Å². The summed E-state index contributed by atoms with van der Waals surface area (Å²) in [6.07, 6.45) is 12.8. The van der Waals surface area contributed by atoms with Crippen molar-refractivity contribution in [3.63, 3.8) is 0 Å². The number of aliphatic imine (C=N–C) groups is 1. The van der Waals surface area contributed by atoms with E-state index in [1.165, 1.54) is 38.4 Å². The smallest absolute Gasteiger partial charge is 0.338 e. The van der Waals surface area contributed by atoms with Crippen molar-refractivity contribution in [2.75, 3.05) is 5.32 Å². The molecule has 0 radical (unpaired) electrons. The maximum Gasteiger partial charge on any atom is 0.338 e. The molecular weight excluding hydrogens is 400 g/mol. The Morgan fingerprint density at radius 3 is 2.53 bits per heavy atom. The van der Waals surface area contributed by atoms with Gasteiger partial charge in [-0.2, -0.15) is 0 Å². The average molecular weight is 435 g/mol. The minimum absolute atomic E-state index is 0.0216. The lowest BCUT2D eigenvalue weighted by atomic mass is 9.62. The van der Waals surface area contributed by atoms with E-state index in [2.05, 4.69) is 29.1 Å². The normalized spacial score (nSPS) is 27.5. The molecule has 6 heteroatoms. The molecular formula is C26H34N4O2. The van der Waals surface area contributed by atoms with Crippen LogP contribution in [0.2, 0.25) is 0 Å². The van der Waals surface area contributed by atoms with Crippen LogP contribution in [0.3, 0.4) is 0 Å². The SMILES string of the molecule is CC1CC2CC(C1)CC(C)(Nc1ccc(C(=O)OC(C)C)cc1/N=C\c1cncnc1)C2. The molecule has 2 atom stereocenters. The second-order valence-electron chi connectivity index (χ2n) is 10.3. The fourth-order valence-corrected chi connectivity index (χ4v) is 5.69. The van der Waals surface area contributed by atoms with E-state index in [1.54, 1.807) is 18.6 Å². The number of hydrogen-bond donors (Lipinski definition) is 1. The van der Waals surface area contributed by atoms with Gasteiger partial charge in [-0.15, -0.1) is 0 Å². The summed E-state index contributed by atoms with van der Waals surface area (Å²) >= 11 is 0. The maximum atomic E-state index is 12.5. The Bertz CT molecular complexity index is 955. The van der Waals surface area contributed by atoms with Gasteiger partial charge in [0, 0.05) is 29.7 Å². The molecule has 2 saturated carbocycles. The fraction of sp³-hybridized carbons (Fsp3) is 0.538. The number of nitrogens with zero attached hydrogens (tertiary/aromatic N) is 3. The van der Waals surface area contributed by atoms with Gasteiger partial charge in [-0.25, -0.2) is 14.8 Å². The minimum atomic E-state index is -0.335. The van der Waals surface area contributed by atoms with Gasteiger partial charge in [0.05, 0.1) is 23.0 Å². The lowest BCUT2D eigenvalue weighted by Crippen LogP contribution is -2.45. The van der Waals surface area contributed by atoms with Gasteiger partial charge in [0.25, 0.3) is 0 Å². The number of nitrogens with one attached hydrogen (secondary N) is 1. The molecule has 0 saturated heterocycles. The van der Waals surface area contributed by atoms with E-state index in [1.807, 2.05) is 32.0 Å². The Hall–Kier alpha value is -2.76. The molecule has 2 unspecified atom stereocenters. The zero-order chi connectivity index (χ0) is 22.7. The summed E-state index contributed by atoms with van der Waals surface area (Å²) in [6, 6.07) is 5.60. The van der Waals surface area contributed by atoms with Crippen LogP contribution in [0.25, 0.3) is 0 Å². The number of ether oxygens (including phenoxy) is 1. The number of esters is 1. The summed E-state index contributed by atoms with van der Waals surface area (Å²) in [5.41, 5.74) is 2.99. The van der Waals surface area contributed by atoms with Crippen molar-refractivity contribution in [3.05, 3.63) is 48.0 Å². The van der Waals surface area contributed by atoms with Crippen LogP contribution in [0, 0.1) is 17.8 Å². The second-order valence-corrected chi connectivity index (χ2v) is 10.3. The first-order valence-corrected chi connectivity index (χ1v) is 11.7. The Kier molecular flexibility index (Phi) is 6.58. The van der Waals surface area contributed by atoms with Crippen LogP contribution in [0.5, 0.6) is 0 Å². The molecule has 6 nitrogen and oxygen atoms in total. The highest BCUT2D eigenvalue weighted by molar-refractivity contribution is 5.93. The van der Waals surface area contributed by atoms with Gasteiger partial charge < -0.3 is 10.1 Å². The first kappa shape index (κ1) is 22.4. The molecule has 2 bridgehead atoms. The summed E-state index contributed by atoms with van der Waals surface area (Å²) < 4.78 is 5.39. The fourth-order valence-electron chi connectivity index (χ4n) is 5.69. The molecule has 4 rings (SSSR count). The Morgan fingerprint density at radius 2 is 1.88 bits per heavy atom. The van der Waals surface area contributed by atoms with E-state index in [9.17, 15) is 4.79 Å². The molecule has 2 fully saturated rings. The van der Waals surface area contributed by atoms with E-state index in [4.69, 9.17) is 9.73 Å². The minimum Gasteiger partial charge on any atom is -0.459 e. The highest BCUT2D eigenvalue weighted by Gasteiger charge is 2.41. The van der Waals surface area contributed by atoms with Crippen molar-refractivity contribution in [1.82, 2.24) is 9.97 Å². The third kappa shape index (κ3) is 5.53. The summed E-state index contributed by atoms with van der Waals surface area (Å²) in [7, 11) is 0. The zero-order valence-corrected chi connectivity index (χ0v) is 19.5. The van der Waals surface area contributed by atoms with Crippen LogP contribution in [0.1, 0.15) is 75.7 Å². The second kappa shape index (κ2) is 9.39. The monoisotopic (exact) mass is 434 g/mol. The van der Waals surface area contributed by atoms with E-state index in [0.717, 1.165) is 34.7 Å². The van der Waals surface area contributed by atoms with E-state index in [-0.39, 0.29) is 17.6 Å². The van der Waals surface area contributed by atoms with Crippen molar-refractivity contribution >= 4 is 23.6 Å². The average Bonchev–Trinajstić information content (AvgIpc) is 2.72. The molecule has 1 heterocycles. The number of hydrogen-bond acceptors (Lipinski definition) is 6. The summed E-state index contributed by atoms with van der Waals surface area (Å²) in [5.74, 6) is 2.06. The quantitative estimate of drug-likeness (QED) is 0.459. The standard InChI is InChI=1S/C26H34N4O2/c1-17(2)32-25(31)22-5-6-23(24(10-22)29-15-21-13-27-16-28-14-21)30-26(4)11-19-7-18(3)8-20(9-19)12-26/h5-6,10,13-20,30H,7-9,11-12H2,1-4H3/b29-15-. The predicted molar refractivity (Wildman–Crippen MR) is 128 cm³/mol. The van der Waals surface area contributed by atoms with E-state index in [0.29, 0.717) is 5.56 Å². The van der Waals surface area contributed by atoms with Crippen molar-refractivity contribution in [2.45, 2.75) is 71.4 Å². The molecule has 0 spiro atoms. The van der Waals surface area contributed by atoms with Gasteiger partial charge in [-0.3, -0.25) is 4.99 Å². The van der Waals surface area contributed by atoms with Crippen LogP contribution in [-0.4, -0.2) is 33.8 Å².